The molecule has 0 unspecified atom stereocenters. The molecule has 1 heterocycles. The van der Waals surface area contributed by atoms with E-state index >= 15 is 0 Å². The van der Waals surface area contributed by atoms with Gasteiger partial charge in [0.15, 0.2) is 5.82 Å². The lowest BCUT2D eigenvalue weighted by molar-refractivity contribution is 0.364. The highest BCUT2D eigenvalue weighted by molar-refractivity contribution is 9.10. The van der Waals surface area contributed by atoms with E-state index < -0.39 is 0 Å². The fourth-order valence-electron chi connectivity index (χ4n) is 1.51. The zero-order valence-electron chi connectivity index (χ0n) is 9.83. The molecule has 0 aliphatic carbocycles. The molecule has 0 aliphatic heterocycles. The smallest absolute Gasteiger partial charge is 0.240 e. The predicted octanol–water partition coefficient (Wildman–Crippen LogP) is 2.74. The van der Waals surface area contributed by atoms with Crippen LogP contribution in [0.25, 0.3) is 0 Å². The third-order valence-corrected chi connectivity index (χ3v) is 3.11. The summed E-state index contributed by atoms with van der Waals surface area (Å²) < 4.78 is 6.13. The van der Waals surface area contributed by atoms with Gasteiger partial charge in [0.25, 0.3) is 0 Å². The standard InChI is InChI=1S/C12H14BrN3O/c1-8-3-4-10(11(13)5-8)6-14-7-12-15-9(2)16-17-12/h3-5,14H,6-7H2,1-2H3. The first-order valence-corrected chi connectivity index (χ1v) is 6.19. The average molecular weight is 296 g/mol. The van der Waals surface area contributed by atoms with Gasteiger partial charge in [0, 0.05) is 11.0 Å². The van der Waals surface area contributed by atoms with Crippen molar-refractivity contribution in [3.8, 4) is 0 Å². The van der Waals surface area contributed by atoms with E-state index in [1.807, 2.05) is 6.92 Å². The first kappa shape index (κ1) is 12.3. The van der Waals surface area contributed by atoms with Gasteiger partial charge in [0.1, 0.15) is 0 Å². The van der Waals surface area contributed by atoms with Crippen LogP contribution in [0.4, 0.5) is 0 Å². The van der Waals surface area contributed by atoms with E-state index in [4.69, 9.17) is 4.52 Å². The van der Waals surface area contributed by atoms with Crippen LogP contribution in [0.15, 0.2) is 27.2 Å². The van der Waals surface area contributed by atoms with Gasteiger partial charge in [-0.2, -0.15) is 4.98 Å². The molecule has 2 rings (SSSR count). The number of aryl methyl sites for hydroxylation is 2. The van der Waals surface area contributed by atoms with E-state index in [1.165, 1.54) is 11.1 Å². The molecule has 1 aromatic heterocycles. The van der Waals surface area contributed by atoms with Crippen LogP contribution in [0.1, 0.15) is 22.8 Å². The molecule has 1 aromatic carbocycles. The number of hydrogen-bond acceptors (Lipinski definition) is 4. The first-order valence-electron chi connectivity index (χ1n) is 5.40. The van der Waals surface area contributed by atoms with E-state index in [1.54, 1.807) is 0 Å². The summed E-state index contributed by atoms with van der Waals surface area (Å²) in [5, 5.41) is 7.00. The summed E-state index contributed by atoms with van der Waals surface area (Å²) in [5.74, 6) is 1.28. The van der Waals surface area contributed by atoms with Crippen LogP contribution in [-0.4, -0.2) is 10.1 Å². The summed E-state index contributed by atoms with van der Waals surface area (Å²) in [4.78, 5) is 4.13. The number of rotatable bonds is 4. The molecular formula is C12H14BrN3O. The van der Waals surface area contributed by atoms with Crippen LogP contribution < -0.4 is 5.32 Å². The third-order valence-electron chi connectivity index (χ3n) is 2.37. The van der Waals surface area contributed by atoms with Crippen molar-refractivity contribution in [3.63, 3.8) is 0 Å². The van der Waals surface area contributed by atoms with Gasteiger partial charge in [-0.05, 0) is 31.0 Å². The third kappa shape index (κ3) is 3.38. The Balaban J connectivity index is 1.90. The maximum atomic E-state index is 5.02. The summed E-state index contributed by atoms with van der Waals surface area (Å²) in [5.41, 5.74) is 2.46. The van der Waals surface area contributed by atoms with Crippen molar-refractivity contribution in [1.29, 1.82) is 0 Å². The maximum Gasteiger partial charge on any atom is 0.240 e. The topological polar surface area (TPSA) is 51.0 Å². The van der Waals surface area contributed by atoms with E-state index in [2.05, 4.69) is 56.5 Å². The monoisotopic (exact) mass is 295 g/mol. The molecule has 0 fully saturated rings. The molecule has 0 radical (unpaired) electrons. The van der Waals surface area contributed by atoms with Crippen LogP contribution in [0.5, 0.6) is 0 Å². The van der Waals surface area contributed by atoms with Gasteiger partial charge in [0.2, 0.25) is 5.89 Å². The predicted molar refractivity (Wildman–Crippen MR) is 68.5 cm³/mol. The number of nitrogens with zero attached hydrogens (tertiary/aromatic N) is 2. The molecule has 0 saturated carbocycles. The minimum Gasteiger partial charge on any atom is -0.338 e. The summed E-state index contributed by atoms with van der Waals surface area (Å²) in [6.45, 7) is 5.23. The fourth-order valence-corrected chi connectivity index (χ4v) is 2.15. The number of halogens is 1. The summed E-state index contributed by atoms with van der Waals surface area (Å²) in [6.07, 6.45) is 0. The second-order valence-corrected chi connectivity index (χ2v) is 4.79. The molecule has 1 N–H and O–H groups in total. The Morgan fingerprint density at radius 2 is 2.12 bits per heavy atom. The average Bonchev–Trinajstić information content (AvgIpc) is 2.68. The van der Waals surface area contributed by atoms with Crippen molar-refractivity contribution in [2.75, 3.05) is 0 Å². The number of benzene rings is 1. The van der Waals surface area contributed by atoms with E-state index in [9.17, 15) is 0 Å². The fraction of sp³-hybridized carbons (Fsp3) is 0.333. The van der Waals surface area contributed by atoms with E-state index in [-0.39, 0.29) is 0 Å². The number of nitrogens with one attached hydrogen (secondary N) is 1. The van der Waals surface area contributed by atoms with Crippen molar-refractivity contribution >= 4 is 15.9 Å². The quantitative estimate of drug-likeness (QED) is 0.942. The van der Waals surface area contributed by atoms with Gasteiger partial charge in [-0.3, -0.25) is 0 Å². The zero-order chi connectivity index (χ0) is 12.3. The molecule has 17 heavy (non-hydrogen) atoms. The van der Waals surface area contributed by atoms with Crippen molar-refractivity contribution in [2.24, 2.45) is 0 Å². The van der Waals surface area contributed by atoms with Crippen LogP contribution in [0.2, 0.25) is 0 Å². The summed E-state index contributed by atoms with van der Waals surface area (Å²) in [7, 11) is 0. The van der Waals surface area contributed by atoms with Crippen LogP contribution in [0, 0.1) is 13.8 Å². The zero-order valence-corrected chi connectivity index (χ0v) is 11.4. The lowest BCUT2D eigenvalue weighted by atomic mass is 10.1. The molecule has 0 bridgehead atoms. The molecule has 0 aliphatic rings. The van der Waals surface area contributed by atoms with Crippen LogP contribution >= 0.6 is 15.9 Å². The van der Waals surface area contributed by atoms with Gasteiger partial charge < -0.3 is 9.84 Å². The van der Waals surface area contributed by atoms with Crippen molar-refractivity contribution in [2.45, 2.75) is 26.9 Å². The Kier molecular flexibility index (Phi) is 3.91. The lowest BCUT2D eigenvalue weighted by Gasteiger charge is -2.05. The van der Waals surface area contributed by atoms with Crippen LogP contribution in [-0.2, 0) is 13.1 Å². The molecule has 90 valence electrons. The molecule has 0 saturated heterocycles. The Labute approximate surface area is 109 Å². The second-order valence-electron chi connectivity index (χ2n) is 3.93. The van der Waals surface area contributed by atoms with Gasteiger partial charge in [0.05, 0.1) is 6.54 Å². The summed E-state index contributed by atoms with van der Waals surface area (Å²) in [6, 6.07) is 6.30. The Hall–Kier alpha value is -1.20. The molecule has 4 nitrogen and oxygen atoms in total. The molecule has 2 aromatic rings. The normalized spacial score (nSPS) is 10.8. The highest BCUT2D eigenvalue weighted by Gasteiger charge is 2.03. The van der Waals surface area contributed by atoms with Gasteiger partial charge in [-0.1, -0.05) is 33.2 Å². The van der Waals surface area contributed by atoms with E-state index in [0.29, 0.717) is 18.3 Å². The Morgan fingerprint density at radius 1 is 1.29 bits per heavy atom. The molecular weight excluding hydrogens is 282 g/mol. The molecule has 0 atom stereocenters. The highest BCUT2D eigenvalue weighted by atomic mass is 79.9. The van der Waals surface area contributed by atoms with E-state index in [0.717, 1.165) is 11.0 Å². The minimum atomic E-state index is 0.584. The molecule has 0 spiro atoms. The lowest BCUT2D eigenvalue weighted by Crippen LogP contribution is -2.13. The SMILES string of the molecule is Cc1ccc(CNCc2nc(C)no2)c(Br)c1. The number of aromatic nitrogens is 2. The highest BCUT2D eigenvalue weighted by Crippen LogP contribution is 2.18. The minimum absolute atomic E-state index is 0.584. The van der Waals surface area contributed by atoms with Gasteiger partial charge in [-0.25, -0.2) is 0 Å². The van der Waals surface area contributed by atoms with Gasteiger partial charge in [-0.15, -0.1) is 0 Å². The van der Waals surface area contributed by atoms with Crippen molar-refractivity contribution < 1.29 is 4.52 Å². The Morgan fingerprint density at radius 3 is 2.76 bits per heavy atom. The summed E-state index contributed by atoms with van der Waals surface area (Å²) >= 11 is 3.55. The van der Waals surface area contributed by atoms with Gasteiger partial charge >= 0.3 is 0 Å². The van der Waals surface area contributed by atoms with Crippen molar-refractivity contribution in [1.82, 2.24) is 15.5 Å². The van der Waals surface area contributed by atoms with Crippen LogP contribution in [0.3, 0.4) is 0 Å². The van der Waals surface area contributed by atoms with Crippen molar-refractivity contribution in [3.05, 3.63) is 45.5 Å². The molecule has 5 heteroatoms. The largest absolute Gasteiger partial charge is 0.338 e. The second kappa shape index (κ2) is 5.42. The maximum absolute atomic E-state index is 5.02. The molecule has 0 amide bonds. The number of hydrogen-bond donors (Lipinski definition) is 1. The Bertz CT molecular complexity index is 510. The first-order chi connectivity index (χ1) is 8.15.